The number of aliphatic imine (C=N–C) groups is 1. The van der Waals surface area contributed by atoms with E-state index in [-0.39, 0.29) is 11.7 Å². The maximum atomic E-state index is 11.1. The molecular formula is C7H13NO2P2. The van der Waals surface area contributed by atoms with Gasteiger partial charge in [0.05, 0.1) is 5.71 Å². The Bertz CT molecular complexity index is 213. The summed E-state index contributed by atoms with van der Waals surface area (Å²) in [6, 6.07) is 0. The van der Waals surface area contributed by atoms with Gasteiger partial charge in [0.15, 0.2) is 5.78 Å². The van der Waals surface area contributed by atoms with Crippen molar-refractivity contribution >= 4 is 34.6 Å². The van der Waals surface area contributed by atoms with Crippen LogP contribution in [-0.2, 0) is 9.59 Å². The highest BCUT2D eigenvalue weighted by molar-refractivity contribution is 8.03. The molecular weight excluding hydrogens is 192 g/mol. The summed E-state index contributed by atoms with van der Waals surface area (Å²) in [6.07, 6.45) is 0.824. The molecule has 0 aliphatic heterocycles. The molecule has 0 N–H and O–H groups in total. The standard InChI is InChI=1S/C7H13NO2P2/c1-3-7(10)8-5(2)6(9)4-12-11/h12H,3-4,11H2,1-2H3. The SMILES string of the molecule is CCC(=O)N=C(C)C(=O)CPP. The van der Waals surface area contributed by atoms with E-state index < -0.39 is 0 Å². The Hall–Kier alpha value is -0.130. The average Bonchev–Trinajstić information content (AvgIpc) is 2.04. The number of Topliss-reactive ketones (excluding diaryl/α,β-unsaturated/α-hetero) is 1. The van der Waals surface area contributed by atoms with Crippen LogP contribution < -0.4 is 0 Å². The van der Waals surface area contributed by atoms with Crippen LogP contribution in [0.1, 0.15) is 20.3 Å². The quantitative estimate of drug-likeness (QED) is 0.514. The lowest BCUT2D eigenvalue weighted by atomic mass is 10.3. The summed E-state index contributed by atoms with van der Waals surface area (Å²) in [6.45, 7) is 3.31. The normalized spacial score (nSPS) is 12.4. The van der Waals surface area contributed by atoms with E-state index in [4.69, 9.17) is 0 Å². The first-order valence-corrected chi connectivity index (χ1v) is 6.68. The van der Waals surface area contributed by atoms with Gasteiger partial charge in [-0.15, -0.1) is 8.93 Å². The molecule has 0 aromatic heterocycles. The van der Waals surface area contributed by atoms with Gasteiger partial charge in [0.2, 0.25) is 5.91 Å². The van der Waals surface area contributed by atoms with Gasteiger partial charge in [0.1, 0.15) is 0 Å². The maximum Gasteiger partial charge on any atom is 0.245 e. The molecule has 0 rings (SSSR count). The molecule has 0 spiro atoms. The lowest BCUT2D eigenvalue weighted by Crippen LogP contribution is -2.13. The Labute approximate surface area is 76.3 Å². The molecule has 5 heteroatoms. The van der Waals surface area contributed by atoms with Gasteiger partial charge in [0, 0.05) is 12.6 Å². The van der Waals surface area contributed by atoms with Crippen molar-refractivity contribution in [3.63, 3.8) is 0 Å². The monoisotopic (exact) mass is 205 g/mol. The van der Waals surface area contributed by atoms with Crippen molar-refractivity contribution in [2.45, 2.75) is 20.3 Å². The van der Waals surface area contributed by atoms with E-state index in [9.17, 15) is 9.59 Å². The second kappa shape index (κ2) is 6.39. The molecule has 0 saturated carbocycles. The summed E-state index contributed by atoms with van der Waals surface area (Å²) in [4.78, 5) is 25.5. The van der Waals surface area contributed by atoms with Crippen LogP contribution >= 0.6 is 17.2 Å². The minimum atomic E-state index is -0.229. The molecule has 12 heavy (non-hydrogen) atoms. The Kier molecular flexibility index (Phi) is 6.32. The number of rotatable bonds is 4. The zero-order chi connectivity index (χ0) is 9.56. The predicted octanol–water partition coefficient (Wildman–Crippen LogP) is 1.42. The van der Waals surface area contributed by atoms with Gasteiger partial charge < -0.3 is 0 Å². The van der Waals surface area contributed by atoms with Crippen LogP contribution in [0.3, 0.4) is 0 Å². The van der Waals surface area contributed by atoms with Crippen molar-refractivity contribution in [2.24, 2.45) is 4.99 Å². The van der Waals surface area contributed by atoms with E-state index in [0.717, 1.165) is 0 Å². The molecule has 0 aromatic rings. The Balaban J connectivity index is 4.17. The minimum absolute atomic E-state index is 0.0369. The maximum absolute atomic E-state index is 11.1. The van der Waals surface area contributed by atoms with E-state index in [1.807, 2.05) is 0 Å². The molecule has 68 valence electrons. The van der Waals surface area contributed by atoms with Gasteiger partial charge in [0.25, 0.3) is 0 Å². The summed E-state index contributed by atoms with van der Waals surface area (Å²) in [5.74, 6) is -0.266. The summed E-state index contributed by atoms with van der Waals surface area (Å²) in [7, 11) is 3.00. The molecule has 0 bridgehead atoms. The number of nitrogens with zero attached hydrogens (tertiary/aromatic N) is 1. The van der Waals surface area contributed by atoms with E-state index in [2.05, 4.69) is 13.9 Å². The van der Waals surface area contributed by atoms with Crippen LogP contribution in [0.4, 0.5) is 0 Å². The molecule has 0 aliphatic carbocycles. The fraction of sp³-hybridized carbons (Fsp3) is 0.571. The van der Waals surface area contributed by atoms with Gasteiger partial charge >= 0.3 is 0 Å². The van der Waals surface area contributed by atoms with Gasteiger partial charge in [-0.3, -0.25) is 9.59 Å². The highest BCUT2D eigenvalue weighted by atomic mass is 32.0. The van der Waals surface area contributed by atoms with E-state index in [1.54, 1.807) is 13.8 Å². The summed E-state index contributed by atoms with van der Waals surface area (Å²) >= 11 is 0. The molecule has 0 aromatic carbocycles. The zero-order valence-corrected chi connectivity index (χ0v) is 9.41. The van der Waals surface area contributed by atoms with Gasteiger partial charge in [-0.25, -0.2) is 4.99 Å². The molecule has 3 nitrogen and oxygen atoms in total. The van der Waals surface area contributed by atoms with E-state index in [1.165, 1.54) is 0 Å². The largest absolute Gasteiger partial charge is 0.292 e. The second-order valence-electron chi connectivity index (χ2n) is 2.25. The van der Waals surface area contributed by atoms with Crippen LogP contribution in [0, 0.1) is 0 Å². The van der Waals surface area contributed by atoms with Crippen LogP contribution in [0.25, 0.3) is 0 Å². The third kappa shape index (κ3) is 4.69. The molecule has 2 atom stereocenters. The smallest absolute Gasteiger partial charge is 0.245 e. The van der Waals surface area contributed by atoms with Gasteiger partial charge in [-0.05, 0) is 6.92 Å². The van der Waals surface area contributed by atoms with E-state index >= 15 is 0 Å². The Morgan fingerprint density at radius 1 is 1.50 bits per heavy atom. The molecule has 0 fully saturated rings. The summed E-state index contributed by atoms with van der Waals surface area (Å²) < 4.78 is 0. The fourth-order valence-corrected chi connectivity index (χ4v) is 1.55. The molecule has 0 radical (unpaired) electrons. The number of ketones is 1. The summed E-state index contributed by atoms with van der Waals surface area (Å²) in [5, 5.41) is 0. The van der Waals surface area contributed by atoms with Crippen molar-refractivity contribution in [3.05, 3.63) is 0 Å². The topological polar surface area (TPSA) is 46.5 Å². The number of carbonyl (C=O) groups excluding carboxylic acids is 2. The van der Waals surface area contributed by atoms with E-state index in [0.29, 0.717) is 26.6 Å². The van der Waals surface area contributed by atoms with Crippen molar-refractivity contribution in [3.8, 4) is 0 Å². The lowest BCUT2D eigenvalue weighted by molar-refractivity contribution is -0.118. The first-order valence-electron chi connectivity index (χ1n) is 3.66. The third-order valence-corrected chi connectivity index (χ3v) is 2.40. The first-order chi connectivity index (χ1) is 5.61. The number of amides is 1. The number of carbonyl (C=O) groups is 2. The van der Waals surface area contributed by atoms with Crippen molar-refractivity contribution in [1.29, 1.82) is 0 Å². The highest BCUT2D eigenvalue weighted by Crippen LogP contribution is 2.19. The number of hydrogen-bond acceptors (Lipinski definition) is 2. The average molecular weight is 205 g/mol. The van der Waals surface area contributed by atoms with Crippen molar-refractivity contribution < 1.29 is 9.59 Å². The minimum Gasteiger partial charge on any atom is -0.292 e. The summed E-state index contributed by atoms with van der Waals surface area (Å²) in [5.41, 5.74) is 0.330. The lowest BCUT2D eigenvalue weighted by Gasteiger charge is -1.95. The first kappa shape index (κ1) is 11.9. The van der Waals surface area contributed by atoms with Crippen LogP contribution in [0.5, 0.6) is 0 Å². The zero-order valence-electron chi connectivity index (χ0n) is 7.26. The van der Waals surface area contributed by atoms with Crippen molar-refractivity contribution in [1.82, 2.24) is 0 Å². The van der Waals surface area contributed by atoms with Crippen LogP contribution in [0.2, 0.25) is 0 Å². The fourth-order valence-electron chi connectivity index (χ4n) is 0.549. The molecule has 2 unspecified atom stereocenters. The molecule has 1 amide bonds. The van der Waals surface area contributed by atoms with Gasteiger partial charge in [-0.1, -0.05) is 15.2 Å². The highest BCUT2D eigenvalue weighted by Gasteiger charge is 2.05. The third-order valence-electron chi connectivity index (χ3n) is 1.26. The second-order valence-corrected chi connectivity index (χ2v) is 4.24. The predicted molar refractivity (Wildman–Crippen MR) is 56.3 cm³/mol. The molecule has 0 saturated heterocycles. The van der Waals surface area contributed by atoms with Crippen LogP contribution in [-0.4, -0.2) is 23.6 Å². The van der Waals surface area contributed by atoms with Crippen LogP contribution in [0.15, 0.2) is 4.99 Å². The Morgan fingerprint density at radius 3 is 2.50 bits per heavy atom. The number of hydrogen-bond donors (Lipinski definition) is 0. The molecule has 0 aliphatic rings. The van der Waals surface area contributed by atoms with Gasteiger partial charge in [-0.2, -0.15) is 0 Å². The van der Waals surface area contributed by atoms with Crippen molar-refractivity contribution in [2.75, 3.05) is 6.16 Å². The Morgan fingerprint density at radius 2 is 2.08 bits per heavy atom. The molecule has 0 heterocycles.